The van der Waals surface area contributed by atoms with Gasteiger partial charge in [-0.1, -0.05) is 6.92 Å². The van der Waals surface area contributed by atoms with Gasteiger partial charge in [-0.25, -0.2) is 18.4 Å². The Morgan fingerprint density at radius 2 is 1.92 bits per heavy atom. The topological polar surface area (TPSA) is 135 Å². The Balaban J connectivity index is 1.72. The number of nitrogens with one attached hydrogen (secondary N) is 1. The fourth-order valence-electron chi connectivity index (χ4n) is 5.15. The Kier molecular flexibility index (Phi) is 6.58. The zero-order chi connectivity index (χ0) is 25.5. The number of H-pyrrole nitrogens is 1. The van der Waals surface area contributed by atoms with Crippen LogP contribution in [0.2, 0.25) is 0 Å². The van der Waals surface area contributed by atoms with E-state index in [1.807, 2.05) is 13.0 Å². The van der Waals surface area contributed by atoms with Crippen LogP contribution in [0.3, 0.4) is 0 Å². The highest BCUT2D eigenvalue weighted by Gasteiger charge is 2.45. The maximum Gasteiger partial charge on any atom is 0.254 e. The number of carbonyl (C=O) groups excluding carboxylic acids is 1. The summed E-state index contributed by atoms with van der Waals surface area (Å²) in [4.78, 5) is 27.2. The average molecular weight is 515 g/mol. The standard InChI is InChI=1S/C25H30N4O6S/c1-3-18-14-35-15-24(31)29(18)23-11-16(25(36(2,32)33)6-8-34-9-7-25)10-21(28-23)20-5-4-19-22(27-20)12-17(13-30)26-19/h4-5,10-12,18,26,30H,3,6-9,13-15H2,1-2H3. The number of aromatic nitrogens is 3. The van der Waals surface area contributed by atoms with Crippen molar-refractivity contribution in [3.8, 4) is 11.4 Å². The minimum Gasteiger partial charge on any atom is -0.390 e. The van der Waals surface area contributed by atoms with E-state index in [9.17, 15) is 18.3 Å². The second kappa shape index (κ2) is 9.55. The van der Waals surface area contributed by atoms with Crippen molar-refractivity contribution in [3.05, 3.63) is 41.6 Å². The minimum atomic E-state index is -3.54. The number of ether oxygens (including phenoxy) is 2. The molecule has 0 saturated carbocycles. The molecule has 0 aliphatic carbocycles. The first-order chi connectivity index (χ1) is 17.3. The first-order valence-corrected chi connectivity index (χ1v) is 13.9. The molecule has 2 saturated heterocycles. The molecule has 1 atom stereocenters. The molecule has 3 aromatic rings. The van der Waals surface area contributed by atoms with E-state index in [2.05, 4.69) is 4.98 Å². The minimum absolute atomic E-state index is 0.0553. The molecule has 3 aromatic heterocycles. The van der Waals surface area contributed by atoms with Gasteiger partial charge in [-0.3, -0.25) is 9.69 Å². The highest BCUT2D eigenvalue weighted by molar-refractivity contribution is 7.91. The summed E-state index contributed by atoms with van der Waals surface area (Å²) in [5, 5.41) is 9.48. The van der Waals surface area contributed by atoms with Crippen LogP contribution < -0.4 is 4.90 Å². The summed E-state index contributed by atoms with van der Waals surface area (Å²) in [6.07, 6.45) is 2.54. The number of amides is 1. The number of aromatic amines is 1. The van der Waals surface area contributed by atoms with Gasteiger partial charge in [-0.05, 0) is 55.2 Å². The van der Waals surface area contributed by atoms with Gasteiger partial charge in [0.1, 0.15) is 17.2 Å². The normalized spacial score (nSPS) is 20.7. The molecule has 192 valence electrons. The van der Waals surface area contributed by atoms with Gasteiger partial charge < -0.3 is 19.6 Å². The molecule has 10 nitrogen and oxygen atoms in total. The maximum atomic E-state index is 13.2. The highest BCUT2D eigenvalue weighted by atomic mass is 32.2. The molecule has 5 heterocycles. The number of hydrogen-bond acceptors (Lipinski definition) is 8. The summed E-state index contributed by atoms with van der Waals surface area (Å²) >= 11 is 0. The van der Waals surface area contributed by atoms with Crippen LogP contribution in [-0.2, 0) is 35.5 Å². The first-order valence-electron chi connectivity index (χ1n) is 12.1. The average Bonchev–Trinajstić information content (AvgIpc) is 3.30. The first kappa shape index (κ1) is 24.8. The molecule has 0 radical (unpaired) electrons. The summed E-state index contributed by atoms with van der Waals surface area (Å²) in [7, 11) is -3.54. The van der Waals surface area contributed by atoms with Gasteiger partial charge in [-0.2, -0.15) is 0 Å². The summed E-state index contributed by atoms with van der Waals surface area (Å²) < 4.78 is 36.3. The zero-order valence-electron chi connectivity index (χ0n) is 20.4. The molecule has 2 fully saturated rings. The van der Waals surface area contributed by atoms with Gasteiger partial charge in [-0.15, -0.1) is 0 Å². The third-order valence-electron chi connectivity index (χ3n) is 7.20. The van der Waals surface area contributed by atoms with Gasteiger partial charge in [0.2, 0.25) is 0 Å². The summed E-state index contributed by atoms with van der Waals surface area (Å²) in [5.74, 6) is 0.176. The number of carbonyl (C=O) groups is 1. The van der Waals surface area contributed by atoms with Crippen molar-refractivity contribution < 1.29 is 27.8 Å². The molecular formula is C25H30N4O6S. The molecule has 2 N–H and O–H groups in total. The molecule has 1 unspecified atom stereocenters. The van der Waals surface area contributed by atoms with E-state index in [4.69, 9.17) is 19.4 Å². The van der Waals surface area contributed by atoms with E-state index in [-0.39, 0.29) is 25.2 Å². The number of fused-ring (bicyclic) bond motifs is 1. The predicted octanol–water partition coefficient (Wildman–Crippen LogP) is 2.31. The number of aliphatic hydroxyl groups is 1. The lowest BCUT2D eigenvalue weighted by molar-refractivity contribution is -0.127. The van der Waals surface area contributed by atoms with Crippen molar-refractivity contribution in [2.75, 3.05) is 37.6 Å². The molecule has 1 amide bonds. The molecular weight excluding hydrogens is 484 g/mol. The third kappa shape index (κ3) is 4.30. The number of morpholine rings is 1. The smallest absolute Gasteiger partial charge is 0.254 e. The molecule has 5 rings (SSSR count). The number of rotatable bonds is 6. The maximum absolute atomic E-state index is 13.2. The fraction of sp³-hybridized carbons (Fsp3) is 0.480. The molecule has 36 heavy (non-hydrogen) atoms. The van der Waals surface area contributed by atoms with E-state index in [0.29, 0.717) is 73.1 Å². The SMILES string of the molecule is CCC1COCC(=O)N1c1cc(C2(S(C)(=O)=O)CCOCC2)cc(-c2ccc3[nH]c(CO)cc3n2)n1. The van der Waals surface area contributed by atoms with Crippen molar-refractivity contribution in [3.63, 3.8) is 0 Å². The Morgan fingerprint density at radius 3 is 2.61 bits per heavy atom. The number of hydrogen-bond donors (Lipinski definition) is 2. The number of aliphatic hydroxyl groups excluding tert-OH is 1. The summed E-state index contributed by atoms with van der Waals surface area (Å²) in [6.45, 7) is 2.81. The van der Waals surface area contributed by atoms with Crippen LogP contribution in [0.4, 0.5) is 5.82 Å². The van der Waals surface area contributed by atoms with Crippen LogP contribution in [0.1, 0.15) is 37.4 Å². The number of pyridine rings is 2. The Labute approximate surface area is 209 Å². The molecule has 0 spiro atoms. The van der Waals surface area contributed by atoms with E-state index in [0.717, 1.165) is 5.52 Å². The van der Waals surface area contributed by atoms with E-state index < -0.39 is 14.6 Å². The van der Waals surface area contributed by atoms with Gasteiger partial charge in [0.15, 0.2) is 9.84 Å². The zero-order valence-corrected chi connectivity index (χ0v) is 21.2. The van der Waals surface area contributed by atoms with E-state index in [1.165, 1.54) is 6.26 Å². The third-order valence-corrected chi connectivity index (χ3v) is 9.26. The van der Waals surface area contributed by atoms with Gasteiger partial charge >= 0.3 is 0 Å². The van der Waals surface area contributed by atoms with Crippen LogP contribution in [0.15, 0.2) is 30.3 Å². The van der Waals surface area contributed by atoms with Crippen molar-refractivity contribution >= 4 is 32.6 Å². The molecule has 0 bridgehead atoms. The van der Waals surface area contributed by atoms with Crippen molar-refractivity contribution in [1.29, 1.82) is 0 Å². The van der Waals surface area contributed by atoms with Crippen LogP contribution in [-0.4, -0.2) is 73.1 Å². The lowest BCUT2D eigenvalue weighted by Gasteiger charge is -2.38. The van der Waals surface area contributed by atoms with Crippen LogP contribution in [0.5, 0.6) is 0 Å². The Morgan fingerprint density at radius 1 is 1.14 bits per heavy atom. The fourth-order valence-corrected chi connectivity index (χ4v) is 6.60. The van der Waals surface area contributed by atoms with Crippen molar-refractivity contribution in [2.45, 2.75) is 43.6 Å². The quantitative estimate of drug-likeness (QED) is 0.512. The molecule has 0 aromatic carbocycles. The van der Waals surface area contributed by atoms with Crippen LogP contribution in [0, 0.1) is 0 Å². The van der Waals surface area contributed by atoms with Crippen molar-refractivity contribution in [1.82, 2.24) is 15.0 Å². The molecule has 2 aliphatic heterocycles. The lowest BCUT2D eigenvalue weighted by Crippen LogP contribution is -2.50. The van der Waals surface area contributed by atoms with Gasteiger partial charge in [0.05, 0.1) is 41.7 Å². The Hall–Kier alpha value is -2.86. The second-order valence-electron chi connectivity index (χ2n) is 9.40. The largest absolute Gasteiger partial charge is 0.390 e. The summed E-state index contributed by atoms with van der Waals surface area (Å²) in [6, 6.07) is 8.71. The lowest BCUT2D eigenvalue weighted by atomic mass is 9.90. The monoisotopic (exact) mass is 514 g/mol. The number of sulfone groups is 1. The van der Waals surface area contributed by atoms with Crippen LogP contribution >= 0.6 is 0 Å². The molecule has 2 aliphatic rings. The predicted molar refractivity (Wildman–Crippen MR) is 134 cm³/mol. The van der Waals surface area contributed by atoms with Gasteiger partial charge in [0.25, 0.3) is 5.91 Å². The second-order valence-corrected chi connectivity index (χ2v) is 11.7. The van der Waals surface area contributed by atoms with Crippen molar-refractivity contribution in [2.24, 2.45) is 0 Å². The van der Waals surface area contributed by atoms with E-state index >= 15 is 0 Å². The number of nitrogens with zero attached hydrogens (tertiary/aromatic N) is 3. The van der Waals surface area contributed by atoms with Gasteiger partial charge in [0, 0.05) is 25.2 Å². The highest BCUT2D eigenvalue weighted by Crippen LogP contribution is 2.42. The molecule has 11 heteroatoms. The summed E-state index contributed by atoms with van der Waals surface area (Å²) in [5.41, 5.74) is 3.65. The Bertz CT molecular complexity index is 1400. The number of anilines is 1. The van der Waals surface area contributed by atoms with E-state index in [1.54, 1.807) is 29.2 Å². The van der Waals surface area contributed by atoms with Crippen LogP contribution in [0.25, 0.3) is 22.4 Å².